The Hall–Kier alpha value is -1.44. The predicted molar refractivity (Wildman–Crippen MR) is 105 cm³/mol. The van der Waals surface area contributed by atoms with Crippen LogP contribution < -0.4 is 0 Å². The summed E-state index contributed by atoms with van der Waals surface area (Å²) in [7, 11) is 0. The molecule has 2 heterocycles. The highest BCUT2D eigenvalue weighted by atomic mass is 14.8. The summed E-state index contributed by atoms with van der Waals surface area (Å²) in [5, 5.41) is 0. The van der Waals surface area contributed by atoms with Crippen LogP contribution in [0.25, 0.3) is 11.0 Å². The summed E-state index contributed by atoms with van der Waals surface area (Å²) in [5.41, 5.74) is 4.79. The fourth-order valence-corrected chi connectivity index (χ4v) is 4.82. The van der Waals surface area contributed by atoms with Gasteiger partial charge in [0.25, 0.3) is 0 Å². The Morgan fingerprint density at radius 3 is 1.24 bits per heavy atom. The van der Waals surface area contributed by atoms with Gasteiger partial charge in [0.05, 0.1) is 11.0 Å². The average Bonchev–Trinajstić information content (AvgIpc) is 2.90. The third-order valence-electron chi connectivity index (χ3n) is 6.38. The quantitative estimate of drug-likeness (QED) is 0.558. The van der Waals surface area contributed by atoms with E-state index in [1.165, 1.54) is 94.9 Å². The number of aromatic nitrogens is 2. The second-order valence-electron chi connectivity index (χ2n) is 8.24. The zero-order valence-corrected chi connectivity index (χ0v) is 15.6. The van der Waals surface area contributed by atoms with E-state index >= 15 is 0 Å². The van der Waals surface area contributed by atoms with Crippen molar-refractivity contribution in [3.63, 3.8) is 0 Å². The van der Waals surface area contributed by atoms with Crippen molar-refractivity contribution in [1.29, 1.82) is 0 Å². The van der Waals surface area contributed by atoms with Crippen molar-refractivity contribution in [2.24, 2.45) is 0 Å². The van der Waals surface area contributed by atoms with Crippen LogP contribution in [-0.4, -0.2) is 9.97 Å². The van der Waals surface area contributed by atoms with Crippen LogP contribution in [0.5, 0.6) is 0 Å². The molecule has 0 unspecified atom stereocenters. The van der Waals surface area contributed by atoms with Gasteiger partial charge in [0.15, 0.2) is 0 Å². The number of fused-ring (bicyclic) bond motifs is 1. The lowest BCUT2D eigenvalue weighted by molar-refractivity contribution is 0.450. The molecule has 2 aromatic rings. The average molecular weight is 337 g/mol. The number of hydrogen-bond acceptors (Lipinski definition) is 2. The summed E-state index contributed by atoms with van der Waals surface area (Å²) in [5.74, 6) is 1.32. The molecule has 2 aromatic heterocycles. The van der Waals surface area contributed by atoms with Crippen molar-refractivity contribution >= 4 is 11.0 Å². The molecule has 2 nitrogen and oxygen atoms in total. The van der Waals surface area contributed by atoms with Crippen LogP contribution in [-0.2, 0) is 0 Å². The Morgan fingerprint density at radius 2 is 0.840 bits per heavy atom. The van der Waals surface area contributed by atoms with Gasteiger partial charge in [-0.05, 0) is 49.9 Å². The first-order chi connectivity index (χ1) is 12.4. The zero-order valence-electron chi connectivity index (χ0n) is 15.6. The molecule has 2 aliphatic rings. The van der Waals surface area contributed by atoms with Crippen molar-refractivity contribution in [2.75, 3.05) is 0 Å². The molecule has 25 heavy (non-hydrogen) atoms. The highest BCUT2D eigenvalue weighted by molar-refractivity contribution is 5.74. The lowest BCUT2D eigenvalue weighted by Gasteiger charge is -2.19. The molecule has 0 amide bonds. The molecule has 0 N–H and O–H groups in total. The van der Waals surface area contributed by atoms with Gasteiger partial charge in [-0.25, -0.2) is 0 Å². The smallest absolute Gasteiger partial charge is 0.0890 e. The van der Waals surface area contributed by atoms with Gasteiger partial charge in [-0.1, -0.05) is 57.8 Å². The first-order valence-corrected chi connectivity index (χ1v) is 10.7. The monoisotopic (exact) mass is 336 g/mol. The zero-order chi connectivity index (χ0) is 16.9. The van der Waals surface area contributed by atoms with E-state index in [0.29, 0.717) is 11.8 Å². The standard InChI is InChI=1S/C23H32N2/c1-2-6-10-18(11-7-3-1)20-14-16-23-22(24-20)17-15-21(25-23)19-12-8-4-5-9-13-19/h14-19H,1-13H2. The molecule has 134 valence electrons. The van der Waals surface area contributed by atoms with Crippen LogP contribution in [0.15, 0.2) is 24.3 Å². The van der Waals surface area contributed by atoms with Gasteiger partial charge in [-0.15, -0.1) is 0 Å². The number of pyridine rings is 2. The summed E-state index contributed by atoms with van der Waals surface area (Å²) in [6, 6.07) is 8.98. The van der Waals surface area contributed by atoms with Crippen LogP contribution in [0, 0.1) is 0 Å². The molecule has 0 aromatic carbocycles. The Balaban J connectivity index is 1.55. The van der Waals surface area contributed by atoms with E-state index in [9.17, 15) is 0 Å². The van der Waals surface area contributed by atoms with Crippen LogP contribution in [0.4, 0.5) is 0 Å². The maximum Gasteiger partial charge on any atom is 0.0890 e. The summed E-state index contributed by atoms with van der Waals surface area (Å²) in [6.45, 7) is 0. The minimum absolute atomic E-state index is 0.659. The maximum atomic E-state index is 5.01. The molecule has 2 aliphatic carbocycles. The van der Waals surface area contributed by atoms with Crippen molar-refractivity contribution in [1.82, 2.24) is 9.97 Å². The minimum Gasteiger partial charge on any atom is -0.251 e. The van der Waals surface area contributed by atoms with Gasteiger partial charge in [-0.3, -0.25) is 9.97 Å². The van der Waals surface area contributed by atoms with Crippen LogP contribution >= 0.6 is 0 Å². The van der Waals surface area contributed by atoms with Gasteiger partial charge in [0.1, 0.15) is 0 Å². The molecule has 2 fully saturated rings. The van der Waals surface area contributed by atoms with Gasteiger partial charge in [-0.2, -0.15) is 0 Å². The predicted octanol–water partition coefficient (Wildman–Crippen LogP) is 6.90. The normalized spacial score (nSPS) is 21.6. The Labute approximate surface area is 152 Å². The van der Waals surface area contributed by atoms with Crippen LogP contribution in [0.3, 0.4) is 0 Å². The van der Waals surface area contributed by atoms with E-state index in [-0.39, 0.29) is 0 Å². The molecular weight excluding hydrogens is 304 g/mol. The Bertz CT molecular complexity index is 678. The largest absolute Gasteiger partial charge is 0.251 e. The molecule has 4 rings (SSSR count). The van der Waals surface area contributed by atoms with Crippen molar-refractivity contribution < 1.29 is 0 Å². The van der Waals surface area contributed by atoms with Crippen LogP contribution in [0.2, 0.25) is 0 Å². The minimum atomic E-state index is 0.659. The number of hydrogen-bond donors (Lipinski definition) is 0. The van der Waals surface area contributed by atoms with Gasteiger partial charge in [0, 0.05) is 23.2 Å². The van der Waals surface area contributed by atoms with Gasteiger partial charge >= 0.3 is 0 Å². The molecule has 2 saturated carbocycles. The van der Waals surface area contributed by atoms with E-state index in [2.05, 4.69) is 24.3 Å². The van der Waals surface area contributed by atoms with Crippen LogP contribution in [0.1, 0.15) is 107 Å². The summed E-state index contributed by atoms with van der Waals surface area (Å²) >= 11 is 0. The first-order valence-electron chi connectivity index (χ1n) is 10.7. The molecular formula is C23H32N2. The molecule has 0 aliphatic heterocycles. The van der Waals surface area contributed by atoms with E-state index in [4.69, 9.17) is 9.97 Å². The molecule has 0 spiro atoms. The third-order valence-corrected chi connectivity index (χ3v) is 6.38. The molecule has 0 bridgehead atoms. The molecule has 2 heteroatoms. The Morgan fingerprint density at radius 1 is 0.480 bits per heavy atom. The highest BCUT2D eigenvalue weighted by Gasteiger charge is 2.18. The lowest BCUT2D eigenvalue weighted by atomic mass is 9.88. The van der Waals surface area contributed by atoms with Gasteiger partial charge in [0.2, 0.25) is 0 Å². The Kier molecular flexibility index (Phi) is 5.64. The fourth-order valence-electron chi connectivity index (χ4n) is 4.82. The van der Waals surface area contributed by atoms with Crippen molar-refractivity contribution in [3.05, 3.63) is 35.7 Å². The first kappa shape index (κ1) is 17.0. The second kappa shape index (κ2) is 8.29. The highest BCUT2D eigenvalue weighted by Crippen LogP contribution is 2.33. The third kappa shape index (κ3) is 4.22. The van der Waals surface area contributed by atoms with E-state index in [0.717, 1.165) is 11.0 Å². The summed E-state index contributed by atoms with van der Waals surface area (Å²) < 4.78 is 0. The fraction of sp³-hybridized carbons (Fsp3) is 0.652. The topological polar surface area (TPSA) is 25.8 Å². The van der Waals surface area contributed by atoms with Crippen molar-refractivity contribution in [2.45, 2.75) is 95.3 Å². The SMILES string of the molecule is c1cc2nc(C3CCCCCC3)ccc2nc1C1CCCCCCC1. The van der Waals surface area contributed by atoms with E-state index < -0.39 is 0 Å². The number of rotatable bonds is 2. The second-order valence-corrected chi connectivity index (χ2v) is 8.24. The van der Waals surface area contributed by atoms with Gasteiger partial charge < -0.3 is 0 Å². The molecule has 0 saturated heterocycles. The summed E-state index contributed by atoms with van der Waals surface area (Å²) in [6.07, 6.45) is 17.7. The maximum absolute atomic E-state index is 5.01. The van der Waals surface area contributed by atoms with E-state index in [1.54, 1.807) is 0 Å². The molecule has 0 radical (unpaired) electrons. The summed E-state index contributed by atoms with van der Waals surface area (Å²) in [4.78, 5) is 10.0. The van der Waals surface area contributed by atoms with E-state index in [1.807, 2.05) is 0 Å². The lowest BCUT2D eigenvalue weighted by Crippen LogP contribution is -2.05. The van der Waals surface area contributed by atoms with Crippen molar-refractivity contribution in [3.8, 4) is 0 Å². The molecule has 0 atom stereocenters. The number of nitrogens with zero attached hydrogens (tertiary/aromatic N) is 2.